The second-order valence-electron chi connectivity index (χ2n) is 7.55. The third-order valence-electron chi connectivity index (χ3n) is 5.77. The Kier molecular flexibility index (Phi) is 4.38. The summed E-state index contributed by atoms with van der Waals surface area (Å²) in [4.78, 5) is 27.0. The molecule has 1 spiro atoms. The fraction of sp³-hybridized carbons (Fsp3) is 0.364. The van der Waals surface area contributed by atoms with E-state index in [0.717, 1.165) is 22.6 Å². The van der Waals surface area contributed by atoms with Crippen molar-refractivity contribution in [3.63, 3.8) is 0 Å². The summed E-state index contributed by atoms with van der Waals surface area (Å²) in [6.07, 6.45) is 1.71. The summed E-state index contributed by atoms with van der Waals surface area (Å²) in [6, 6.07) is 13.2. The minimum absolute atomic E-state index is 0.106. The molecule has 0 bridgehead atoms. The summed E-state index contributed by atoms with van der Waals surface area (Å²) in [5.74, 6) is 0.870. The molecule has 140 valence electrons. The number of urea groups is 1. The number of carbonyl (C=O) groups excluding carboxylic acids is 2. The van der Waals surface area contributed by atoms with Crippen LogP contribution in [0.3, 0.4) is 0 Å². The third kappa shape index (κ3) is 3.29. The Morgan fingerprint density at radius 2 is 1.78 bits per heavy atom. The van der Waals surface area contributed by atoms with Gasteiger partial charge in [-0.15, -0.1) is 0 Å². The molecule has 4 rings (SSSR count). The highest BCUT2D eigenvalue weighted by Gasteiger charge is 2.44. The van der Waals surface area contributed by atoms with Crippen LogP contribution < -0.4 is 10.1 Å². The Balaban J connectivity index is 1.46. The Morgan fingerprint density at radius 3 is 2.48 bits per heavy atom. The van der Waals surface area contributed by atoms with Gasteiger partial charge in [-0.3, -0.25) is 4.79 Å². The number of nitrogens with zero attached hydrogens (tertiary/aromatic N) is 1. The molecule has 1 saturated heterocycles. The molecule has 1 fully saturated rings. The molecule has 0 atom stereocenters. The van der Waals surface area contributed by atoms with Gasteiger partial charge < -0.3 is 15.0 Å². The van der Waals surface area contributed by atoms with E-state index in [1.165, 1.54) is 0 Å². The van der Waals surface area contributed by atoms with E-state index in [-0.39, 0.29) is 11.8 Å². The summed E-state index contributed by atoms with van der Waals surface area (Å²) in [5, 5.41) is 2.92. The first-order chi connectivity index (χ1) is 13.0. The van der Waals surface area contributed by atoms with Gasteiger partial charge in [-0.05, 0) is 43.2 Å². The average molecular weight is 364 g/mol. The van der Waals surface area contributed by atoms with Crippen LogP contribution in [0.15, 0.2) is 42.5 Å². The predicted molar refractivity (Wildman–Crippen MR) is 104 cm³/mol. The summed E-state index contributed by atoms with van der Waals surface area (Å²) in [6.45, 7) is 5.18. The number of benzene rings is 2. The number of carbonyl (C=O) groups is 2. The quantitative estimate of drug-likeness (QED) is 0.819. The minimum atomic E-state index is -0.494. The van der Waals surface area contributed by atoms with E-state index < -0.39 is 5.60 Å². The van der Waals surface area contributed by atoms with Crippen molar-refractivity contribution in [3.05, 3.63) is 59.2 Å². The van der Waals surface area contributed by atoms with Crippen molar-refractivity contribution < 1.29 is 14.3 Å². The molecule has 2 aliphatic heterocycles. The van der Waals surface area contributed by atoms with Crippen molar-refractivity contribution in [2.24, 2.45) is 0 Å². The van der Waals surface area contributed by atoms with Crippen molar-refractivity contribution >= 4 is 17.5 Å². The monoisotopic (exact) mass is 364 g/mol. The van der Waals surface area contributed by atoms with E-state index in [4.69, 9.17) is 4.74 Å². The molecule has 2 amide bonds. The van der Waals surface area contributed by atoms with Gasteiger partial charge in [0.15, 0.2) is 5.78 Å². The number of likely N-dealkylation sites (tertiary alicyclic amines) is 1. The van der Waals surface area contributed by atoms with Gasteiger partial charge in [0.1, 0.15) is 11.4 Å². The molecule has 2 heterocycles. The Bertz CT molecular complexity index is 884. The maximum absolute atomic E-state index is 12.7. The number of amides is 2. The molecule has 1 N–H and O–H groups in total. The van der Waals surface area contributed by atoms with Crippen LogP contribution >= 0.6 is 0 Å². The van der Waals surface area contributed by atoms with Crippen LogP contribution in [-0.4, -0.2) is 35.4 Å². The van der Waals surface area contributed by atoms with Crippen molar-refractivity contribution in [1.29, 1.82) is 0 Å². The lowest BCUT2D eigenvalue weighted by molar-refractivity contribution is -0.000173. The number of aryl methyl sites for hydroxylation is 1. The number of ether oxygens (including phenoxy) is 1. The van der Waals surface area contributed by atoms with E-state index in [0.29, 0.717) is 37.9 Å². The fourth-order valence-electron chi connectivity index (χ4n) is 3.90. The zero-order chi connectivity index (χ0) is 19.0. The largest absolute Gasteiger partial charge is 0.486 e. The van der Waals surface area contributed by atoms with Crippen molar-refractivity contribution in [1.82, 2.24) is 4.90 Å². The number of Topliss-reactive ketones (excluding diaryl/α,β-unsaturated/α-hetero) is 1. The van der Waals surface area contributed by atoms with Gasteiger partial charge in [-0.2, -0.15) is 0 Å². The van der Waals surface area contributed by atoms with Gasteiger partial charge in [0.25, 0.3) is 0 Å². The molecule has 0 radical (unpaired) electrons. The molecule has 2 aromatic carbocycles. The standard InChI is InChI=1S/C22H24N2O3/c1-15-8-9-18-19(25)14-22(27-20(18)16(15)2)10-12-24(13-11-22)21(26)23-17-6-4-3-5-7-17/h3-9H,10-14H2,1-2H3,(H,23,26). The first-order valence-electron chi connectivity index (χ1n) is 9.41. The van der Waals surface area contributed by atoms with E-state index in [1.807, 2.05) is 56.3 Å². The van der Waals surface area contributed by atoms with Crippen molar-refractivity contribution in [3.8, 4) is 5.75 Å². The SMILES string of the molecule is Cc1ccc2c(c1C)OC1(CCN(C(=O)Nc3ccccc3)CC1)CC2=O. The van der Waals surface area contributed by atoms with Crippen LogP contribution in [0.1, 0.15) is 40.7 Å². The summed E-state index contributed by atoms with van der Waals surface area (Å²) < 4.78 is 6.41. The zero-order valence-corrected chi connectivity index (χ0v) is 15.7. The number of nitrogens with one attached hydrogen (secondary N) is 1. The number of hydrogen-bond donors (Lipinski definition) is 1. The lowest BCUT2D eigenvalue weighted by atomic mass is 9.81. The molecule has 0 aromatic heterocycles. The lowest BCUT2D eigenvalue weighted by Gasteiger charge is -2.44. The average Bonchev–Trinajstić information content (AvgIpc) is 2.66. The molecular weight excluding hydrogens is 340 g/mol. The molecule has 2 aromatic rings. The normalized spacial score (nSPS) is 18.0. The molecule has 2 aliphatic rings. The Hall–Kier alpha value is -2.82. The smallest absolute Gasteiger partial charge is 0.321 e. The highest BCUT2D eigenvalue weighted by atomic mass is 16.5. The van der Waals surface area contributed by atoms with Crippen LogP contribution in [0, 0.1) is 13.8 Å². The van der Waals surface area contributed by atoms with Crippen LogP contribution in [0.25, 0.3) is 0 Å². The van der Waals surface area contributed by atoms with E-state index in [1.54, 1.807) is 4.90 Å². The minimum Gasteiger partial charge on any atom is -0.486 e. The summed E-state index contributed by atoms with van der Waals surface area (Å²) in [7, 11) is 0. The maximum Gasteiger partial charge on any atom is 0.321 e. The first kappa shape index (κ1) is 17.6. The van der Waals surface area contributed by atoms with E-state index in [9.17, 15) is 9.59 Å². The van der Waals surface area contributed by atoms with Crippen LogP contribution in [0.2, 0.25) is 0 Å². The molecule has 0 aliphatic carbocycles. The molecule has 0 saturated carbocycles. The molecule has 5 nitrogen and oxygen atoms in total. The molecular formula is C22H24N2O3. The van der Waals surface area contributed by atoms with Crippen LogP contribution in [0.4, 0.5) is 10.5 Å². The second kappa shape index (κ2) is 6.72. The topological polar surface area (TPSA) is 58.6 Å². The number of hydrogen-bond acceptors (Lipinski definition) is 3. The molecule has 0 unspecified atom stereocenters. The van der Waals surface area contributed by atoms with Gasteiger partial charge in [0.05, 0.1) is 12.0 Å². The lowest BCUT2D eigenvalue weighted by Crippen LogP contribution is -2.53. The van der Waals surface area contributed by atoms with Gasteiger partial charge in [0, 0.05) is 31.6 Å². The number of piperidine rings is 1. The Morgan fingerprint density at radius 1 is 1.07 bits per heavy atom. The molecule has 27 heavy (non-hydrogen) atoms. The maximum atomic E-state index is 12.7. The number of anilines is 1. The van der Waals surface area contributed by atoms with E-state index >= 15 is 0 Å². The third-order valence-corrected chi connectivity index (χ3v) is 5.77. The van der Waals surface area contributed by atoms with E-state index in [2.05, 4.69) is 5.32 Å². The fourth-order valence-corrected chi connectivity index (χ4v) is 3.90. The number of rotatable bonds is 1. The highest BCUT2D eigenvalue weighted by molar-refractivity contribution is 6.01. The van der Waals surface area contributed by atoms with Crippen molar-refractivity contribution in [2.45, 2.75) is 38.7 Å². The van der Waals surface area contributed by atoms with Gasteiger partial charge in [0.2, 0.25) is 0 Å². The van der Waals surface area contributed by atoms with Crippen molar-refractivity contribution in [2.75, 3.05) is 18.4 Å². The number of ketones is 1. The van der Waals surface area contributed by atoms with Gasteiger partial charge in [-0.1, -0.05) is 24.3 Å². The highest BCUT2D eigenvalue weighted by Crippen LogP contribution is 2.41. The molecule has 5 heteroatoms. The summed E-state index contributed by atoms with van der Waals surface area (Å²) in [5.41, 5.74) is 3.13. The second-order valence-corrected chi connectivity index (χ2v) is 7.55. The van der Waals surface area contributed by atoms with Gasteiger partial charge >= 0.3 is 6.03 Å². The summed E-state index contributed by atoms with van der Waals surface area (Å²) >= 11 is 0. The predicted octanol–water partition coefficient (Wildman–Crippen LogP) is 4.34. The Labute approximate surface area is 159 Å². The first-order valence-corrected chi connectivity index (χ1v) is 9.41. The zero-order valence-electron chi connectivity index (χ0n) is 15.7. The van der Waals surface area contributed by atoms with Crippen LogP contribution in [-0.2, 0) is 0 Å². The number of fused-ring (bicyclic) bond motifs is 1. The van der Waals surface area contributed by atoms with Crippen LogP contribution in [0.5, 0.6) is 5.75 Å². The van der Waals surface area contributed by atoms with Gasteiger partial charge in [-0.25, -0.2) is 4.79 Å². The number of para-hydroxylation sites is 1.